The Morgan fingerprint density at radius 1 is 1.06 bits per heavy atom. The lowest BCUT2D eigenvalue weighted by molar-refractivity contribution is -0.344. The third kappa shape index (κ3) is 9.96. The first-order chi connectivity index (χ1) is 16.5. The normalized spacial score (nSPS) is 12.7. The summed E-state index contributed by atoms with van der Waals surface area (Å²) in [6.07, 6.45) is -0.998. The van der Waals surface area contributed by atoms with Crippen molar-refractivity contribution < 1.29 is 27.9 Å². The summed E-state index contributed by atoms with van der Waals surface area (Å²) in [5.41, 5.74) is 2.29. The fourth-order valence-electron chi connectivity index (χ4n) is 3.16. The molecular formula is C23H22Cl2F3N4O3-. The Balaban J connectivity index is 0.000000540. The summed E-state index contributed by atoms with van der Waals surface area (Å²) in [6, 6.07) is 15.5. The lowest BCUT2D eigenvalue weighted by Gasteiger charge is -2.26. The maximum Gasteiger partial charge on any atom is 0.430 e. The molecule has 7 nitrogen and oxygen atoms in total. The fraction of sp³-hybridized carbons (Fsp3) is 0.304. The minimum Gasteiger partial charge on any atom is -0.542 e. The third-order valence-electron chi connectivity index (χ3n) is 4.93. The number of amides is 1. The number of carbonyl (C=O) groups is 2. The summed E-state index contributed by atoms with van der Waals surface area (Å²) < 4.78 is 33.2. The Hall–Kier alpha value is -3.11. The molecule has 1 aromatic heterocycles. The van der Waals surface area contributed by atoms with Crippen LogP contribution < -0.4 is 10.4 Å². The summed E-state index contributed by atoms with van der Waals surface area (Å²) in [7, 11) is 0. The monoisotopic (exact) mass is 529 g/mol. The quantitative estimate of drug-likeness (QED) is 0.478. The van der Waals surface area contributed by atoms with E-state index in [1.165, 1.54) is 6.33 Å². The number of carboxylic acid groups (broad SMARTS) is 1. The number of aryl methyl sites for hydroxylation is 1. The van der Waals surface area contributed by atoms with Crippen molar-refractivity contribution in [3.05, 3.63) is 82.4 Å². The van der Waals surface area contributed by atoms with E-state index in [4.69, 9.17) is 33.1 Å². The topological polar surface area (TPSA) is 99.9 Å². The smallest absolute Gasteiger partial charge is 0.430 e. The second-order valence-corrected chi connectivity index (χ2v) is 8.41. The first-order valence-electron chi connectivity index (χ1n) is 10.4. The molecule has 1 amide bonds. The number of halogens is 5. The summed E-state index contributed by atoms with van der Waals surface area (Å²) in [6.45, 7) is 2.53. The van der Waals surface area contributed by atoms with Crippen molar-refractivity contribution in [2.24, 2.45) is 0 Å². The number of hydrogen-bond donors (Lipinski definition) is 1. The van der Waals surface area contributed by atoms with Crippen LogP contribution in [0.4, 0.5) is 13.2 Å². The Labute approximate surface area is 209 Å². The summed E-state index contributed by atoms with van der Waals surface area (Å²) in [5, 5.41) is 17.3. The van der Waals surface area contributed by atoms with Gasteiger partial charge in [-0.3, -0.25) is 9.48 Å². The van der Waals surface area contributed by atoms with Crippen LogP contribution >= 0.6 is 23.2 Å². The van der Waals surface area contributed by atoms with Gasteiger partial charge in [0.1, 0.15) is 18.6 Å². The van der Waals surface area contributed by atoms with E-state index in [-0.39, 0.29) is 17.9 Å². The molecule has 0 radical (unpaired) electrons. The Morgan fingerprint density at radius 2 is 1.60 bits per heavy atom. The van der Waals surface area contributed by atoms with Gasteiger partial charge >= 0.3 is 6.18 Å². The highest BCUT2D eigenvalue weighted by Crippen LogP contribution is 2.27. The first-order valence-corrected chi connectivity index (χ1v) is 11.1. The van der Waals surface area contributed by atoms with Crippen molar-refractivity contribution in [1.82, 2.24) is 20.1 Å². The molecule has 0 spiro atoms. The molecule has 3 rings (SSSR count). The molecule has 1 N–H and O–H groups in total. The zero-order valence-corrected chi connectivity index (χ0v) is 20.0. The molecule has 0 aliphatic heterocycles. The zero-order valence-electron chi connectivity index (χ0n) is 18.5. The second-order valence-electron chi connectivity index (χ2n) is 7.54. The van der Waals surface area contributed by atoms with Crippen molar-refractivity contribution >= 4 is 35.1 Å². The molecule has 12 heteroatoms. The highest BCUT2D eigenvalue weighted by atomic mass is 35.5. The molecule has 0 saturated heterocycles. The number of hydrogen-bond acceptors (Lipinski definition) is 5. The number of aliphatic carboxylic acids is 1. The van der Waals surface area contributed by atoms with Crippen LogP contribution in [0.25, 0.3) is 0 Å². The van der Waals surface area contributed by atoms with Crippen LogP contribution in [0.5, 0.6) is 0 Å². The van der Waals surface area contributed by atoms with E-state index in [1.54, 1.807) is 11.0 Å². The predicted molar refractivity (Wildman–Crippen MR) is 123 cm³/mol. The van der Waals surface area contributed by atoms with Crippen LogP contribution in [0.3, 0.4) is 0 Å². The zero-order chi connectivity index (χ0) is 26.0. The van der Waals surface area contributed by atoms with Gasteiger partial charge in [0.25, 0.3) is 0 Å². The van der Waals surface area contributed by atoms with Gasteiger partial charge in [-0.15, -0.1) is 0 Å². The van der Waals surface area contributed by atoms with E-state index in [0.29, 0.717) is 23.0 Å². The summed E-state index contributed by atoms with van der Waals surface area (Å²) >= 11 is 12.1. The number of rotatable bonds is 8. The van der Waals surface area contributed by atoms with E-state index in [2.05, 4.69) is 15.4 Å². The minimum atomic E-state index is -5.19. The highest BCUT2D eigenvalue weighted by molar-refractivity contribution is 6.30. The van der Waals surface area contributed by atoms with Gasteiger partial charge in [-0.25, -0.2) is 4.98 Å². The van der Waals surface area contributed by atoms with Crippen LogP contribution in [0.2, 0.25) is 10.0 Å². The van der Waals surface area contributed by atoms with Gasteiger partial charge in [0.2, 0.25) is 5.91 Å². The Bertz CT molecular complexity index is 1080. The van der Waals surface area contributed by atoms with E-state index in [1.807, 2.05) is 55.5 Å². The number of nitrogens with one attached hydrogen (secondary N) is 1. The predicted octanol–water partition coefficient (Wildman–Crippen LogP) is 3.80. The molecule has 0 unspecified atom stereocenters. The van der Waals surface area contributed by atoms with Gasteiger partial charge in [0.15, 0.2) is 0 Å². The highest BCUT2D eigenvalue weighted by Gasteiger charge is 2.28. The molecule has 0 fully saturated rings. The van der Waals surface area contributed by atoms with Crippen molar-refractivity contribution in [1.29, 1.82) is 0 Å². The lowest BCUT2D eigenvalue weighted by Crippen LogP contribution is -2.38. The fourth-order valence-corrected chi connectivity index (χ4v) is 3.41. The molecule has 2 atom stereocenters. The maximum atomic E-state index is 12.4. The standard InChI is InChI=1S/C21H22Cl2N4O.C2HF3O2/c1-15(26-21(28)10-11-27-14-24-13-25-27)20(17-4-8-19(23)9-5-17)12-16-2-6-18(22)7-3-16;3-2(4,5)1(6)7/h2-9,13-15,20H,10-12H2,1H3,(H,26,28);(H,6,7)/p-1/t15-,20+;/m1./s1. The number of benzene rings is 2. The minimum absolute atomic E-state index is 0.0157. The summed E-state index contributed by atoms with van der Waals surface area (Å²) in [4.78, 5) is 25.1. The van der Waals surface area contributed by atoms with Gasteiger partial charge in [0.05, 0.1) is 6.54 Å². The molecule has 2 aromatic carbocycles. The molecular weight excluding hydrogens is 508 g/mol. The van der Waals surface area contributed by atoms with Crippen LogP contribution in [0, 0.1) is 0 Å². The number of aromatic nitrogens is 3. The van der Waals surface area contributed by atoms with Gasteiger partial charge < -0.3 is 15.2 Å². The van der Waals surface area contributed by atoms with E-state index in [9.17, 15) is 18.0 Å². The average molecular weight is 530 g/mol. The first kappa shape index (κ1) is 28.1. The van der Waals surface area contributed by atoms with Crippen LogP contribution in [-0.2, 0) is 22.6 Å². The third-order valence-corrected chi connectivity index (χ3v) is 5.43. The molecule has 35 heavy (non-hydrogen) atoms. The molecule has 0 aliphatic rings. The molecule has 0 saturated carbocycles. The van der Waals surface area contributed by atoms with Crippen molar-refractivity contribution in [3.63, 3.8) is 0 Å². The van der Waals surface area contributed by atoms with Gasteiger partial charge in [-0.05, 0) is 48.7 Å². The van der Waals surface area contributed by atoms with Crippen molar-refractivity contribution in [2.75, 3.05) is 0 Å². The Morgan fingerprint density at radius 3 is 2.09 bits per heavy atom. The number of alkyl halides is 3. The van der Waals surface area contributed by atoms with E-state index >= 15 is 0 Å². The second kappa shape index (κ2) is 13.1. The van der Waals surface area contributed by atoms with E-state index < -0.39 is 12.1 Å². The number of carbonyl (C=O) groups excluding carboxylic acids is 2. The van der Waals surface area contributed by atoms with Crippen molar-refractivity contribution in [2.45, 2.75) is 44.4 Å². The number of nitrogens with zero attached hydrogens (tertiary/aromatic N) is 3. The molecule has 0 bridgehead atoms. The molecule has 1 heterocycles. The van der Waals surface area contributed by atoms with Crippen LogP contribution in [0.1, 0.15) is 30.4 Å². The number of carboxylic acids is 1. The molecule has 0 aliphatic carbocycles. The lowest BCUT2D eigenvalue weighted by atomic mass is 9.86. The molecule has 3 aromatic rings. The molecule has 188 valence electrons. The maximum absolute atomic E-state index is 12.4. The SMILES string of the molecule is C[C@@H](NC(=O)CCn1cncn1)[C@H](Cc1ccc(Cl)cc1)c1ccc(Cl)cc1.O=C([O-])C(F)(F)F. The average Bonchev–Trinajstić information content (AvgIpc) is 3.31. The van der Waals surface area contributed by atoms with Crippen LogP contribution in [-0.4, -0.2) is 38.9 Å². The van der Waals surface area contributed by atoms with Gasteiger partial charge in [-0.2, -0.15) is 18.3 Å². The van der Waals surface area contributed by atoms with Crippen molar-refractivity contribution in [3.8, 4) is 0 Å². The van der Waals surface area contributed by atoms with E-state index in [0.717, 1.165) is 17.5 Å². The summed E-state index contributed by atoms with van der Waals surface area (Å²) in [5.74, 6) is -2.92. The largest absolute Gasteiger partial charge is 0.542 e. The van der Waals surface area contributed by atoms with Gasteiger partial charge in [-0.1, -0.05) is 47.5 Å². The van der Waals surface area contributed by atoms with Gasteiger partial charge in [0, 0.05) is 28.4 Å². The Kier molecular flexibility index (Phi) is 10.5. The van der Waals surface area contributed by atoms with Crippen LogP contribution in [0.15, 0.2) is 61.2 Å².